The van der Waals surface area contributed by atoms with E-state index in [2.05, 4.69) is 30.3 Å². The predicted octanol–water partition coefficient (Wildman–Crippen LogP) is 1.04. The predicted molar refractivity (Wildman–Crippen MR) is 40.9 cm³/mol. The third kappa shape index (κ3) is 1.42. The second kappa shape index (κ2) is 3.00. The number of benzene rings is 1. The minimum atomic E-state index is 0. The summed E-state index contributed by atoms with van der Waals surface area (Å²) < 4.78 is 0. The van der Waals surface area contributed by atoms with Gasteiger partial charge in [-0.25, -0.2) is 0 Å². The fraction of sp³-hybridized carbons (Fsp3) is 0.143. The Morgan fingerprint density at radius 1 is 1.25 bits per heavy atom. The van der Waals surface area contributed by atoms with Gasteiger partial charge in [-0.1, -0.05) is 0 Å². The second-order valence-corrected chi connectivity index (χ2v) is 3.32. The average Bonchev–Trinajstić information content (AvgIpc) is 1.90. The van der Waals surface area contributed by atoms with Crippen LogP contribution in [0.2, 0.25) is 0 Å². The van der Waals surface area contributed by atoms with Gasteiger partial charge < -0.3 is 2.85 Å². The van der Waals surface area contributed by atoms with Crippen molar-refractivity contribution < 1.29 is 2.85 Å². The molecule has 1 heteroatoms. The maximum atomic E-state index is 2.19. The molecule has 1 aromatic carbocycles. The molecule has 0 radical (unpaired) electrons. The Morgan fingerprint density at radius 3 is 2.25 bits per heavy atom. The quantitative estimate of drug-likeness (QED) is 0.545. The summed E-state index contributed by atoms with van der Waals surface area (Å²) in [7, 11) is 0. The van der Waals surface area contributed by atoms with Crippen molar-refractivity contribution in [2.75, 3.05) is 0 Å². The third-order valence-electron chi connectivity index (χ3n) is 1.25. The van der Waals surface area contributed by atoms with Gasteiger partial charge in [0.25, 0.3) is 0 Å². The summed E-state index contributed by atoms with van der Waals surface area (Å²) in [5, 5.41) is 0. The van der Waals surface area contributed by atoms with E-state index >= 15 is 0 Å². The maximum Gasteiger partial charge on any atom is -1.00 e. The molecular formula is C7H11Ga-2. The summed E-state index contributed by atoms with van der Waals surface area (Å²) in [6, 6.07) is 10.6. The van der Waals surface area contributed by atoms with Crippen LogP contribution in [0.15, 0.2) is 30.3 Å². The van der Waals surface area contributed by atoms with E-state index in [0.29, 0.717) is 0 Å². The molecule has 44 valence electrons. The van der Waals surface area contributed by atoms with Crippen LogP contribution >= 0.6 is 0 Å². The van der Waals surface area contributed by atoms with E-state index in [1.807, 2.05) is 0 Å². The minimum Gasteiger partial charge on any atom is -1.00 e. The molecule has 0 N–H and O–H groups in total. The van der Waals surface area contributed by atoms with Crippen molar-refractivity contribution in [3.8, 4) is 0 Å². The summed E-state index contributed by atoms with van der Waals surface area (Å²) in [6.07, 6.45) is 0. The smallest absolute Gasteiger partial charge is 1.00 e. The number of hydrogen-bond donors (Lipinski definition) is 0. The fourth-order valence-electron chi connectivity index (χ4n) is 0.714. The Labute approximate surface area is 62.8 Å². The van der Waals surface area contributed by atoms with Gasteiger partial charge in [-0.2, -0.15) is 0 Å². The summed E-state index contributed by atoms with van der Waals surface area (Å²) >= 11 is 0.967. The van der Waals surface area contributed by atoms with Gasteiger partial charge >= 0.3 is 59.5 Å². The van der Waals surface area contributed by atoms with Crippen LogP contribution in [-0.2, 0) is 4.98 Å². The minimum absolute atomic E-state index is 0. The first kappa shape index (κ1) is 5.98. The number of rotatable bonds is 1. The first-order valence-corrected chi connectivity index (χ1v) is 5.94. The van der Waals surface area contributed by atoms with Gasteiger partial charge in [0.05, 0.1) is 0 Å². The van der Waals surface area contributed by atoms with Gasteiger partial charge in [-0.3, -0.25) is 0 Å². The van der Waals surface area contributed by atoms with Crippen molar-refractivity contribution >= 4 is 18.6 Å². The zero-order chi connectivity index (χ0) is 5.82. The molecule has 0 amide bonds. The Balaban J connectivity index is 0. The van der Waals surface area contributed by atoms with Gasteiger partial charge in [0.1, 0.15) is 0 Å². The van der Waals surface area contributed by atoms with Crippen LogP contribution in [0.25, 0.3) is 0 Å². The van der Waals surface area contributed by atoms with Crippen molar-refractivity contribution in [1.29, 1.82) is 0 Å². The Bertz CT molecular complexity index is 153. The van der Waals surface area contributed by atoms with Crippen LogP contribution in [0.1, 0.15) is 8.42 Å². The van der Waals surface area contributed by atoms with Crippen LogP contribution < -0.4 is 0 Å². The molecule has 0 aliphatic heterocycles. The molecule has 1 aromatic rings. The summed E-state index contributed by atoms with van der Waals surface area (Å²) in [5.74, 6) is 0. The van der Waals surface area contributed by atoms with E-state index in [9.17, 15) is 0 Å². The topological polar surface area (TPSA) is 0 Å². The van der Waals surface area contributed by atoms with Crippen LogP contribution in [-0.4, -0.2) is 18.6 Å². The molecule has 0 atom stereocenters. The van der Waals surface area contributed by atoms with Gasteiger partial charge in [-0.05, 0) is 0 Å². The normalized spacial score (nSPS) is 9.00. The molecule has 0 spiro atoms. The maximum absolute atomic E-state index is 2.19. The third-order valence-corrected chi connectivity index (χ3v) is 2.96. The van der Waals surface area contributed by atoms with Crippen molar-refractivity contribution in [2.45, 2.75) is 4.98 Å². The summed E-state index contributed by atoms with van der Waals surface area (Å²) in [4.78, 5) is 1.33. The summed E-state index contributed by atoms with van der Waals surface area (Å²) in [5.41, 5.74) is 1.49. The van der Waals surface area contributed by atoms with Gasteiger partial charge in [0.2, 0.25) is 0 Å². The molecular weight excluding hydrogens is 154 g/mol. The molecule has 0 aliphatic rings. The first-order chi connectivity index (χ1) is 3.93. The van der Waals surface area contributed by atoms with Crippen molar-refractivity contribution in [2.24, 2.45) is 0 Å². The molecule has 0 bridgehead atoms. The molecule has 8 heavy (non-hydrogen) atoms. The van der Waals surface area contributed by atoms with Gasteiger partial charge in [-0.15, -0.1) is 0 Å². The first-order valence-electron chi connectivity index (χ1n) is 2.97. The zero-order valence-electron chi connectivity index (χ0n) is 7.09. The van der Waals surface area contributed by atoms with Gasteiger partial charge in [0.15, 0.2) is 0 Å². The van der Waals surface area contributed by atoms with E-state index in [0.717, 1.165) is 18.6 Å². The standard InChI is InChI=1S/C7H7.Ga.4H/c1-7-5-3-2-4-6-7;;;;;/h2-6H,1H2;;;;;/q;;;;2*-1. The molecule has 0 saturated heterocycles. The largest absolute Gasteiger partial charge is 1.00 e. The average molecular weight is 165 g/mol. The monoisotopic (exact) mass is 164 g/mol. The van der Waals surface area contributed by atoms with E-state index in [1.54, 1.807) is 0 Å². The molecule has 0 aromatic heterocycles. The van der Waals surface area contributed by atoms with Gasteiger partial charge in [0, 0.05) is 0 Å². The SMILES string of the molecule is [GaH2][CH2]c1ccccc1.[H-].[H-]. The van der Waals surface area contributed by atoms with E-state index in [1.165, 1.54) is 10.5 Å². The number of hydrogen-bond acceptors (Lipinski definition) is 0. The molecule has 0 fully saturated rings. The van der Waals surface area contributed by atoms with E-state index < -0.39 is 0 Å². The van der Waals surface area contributed by atoms with E-state index in [4.69, 9.17) is 0 Å². The van der Waals surface area contributed by atoms with Crippen molar-refractivity contribution in [3.05, 3.63) is 35.9 Å². The van der Waals surface area contributed by atoms with Crippen LogP contribution in [0.3, 0.4) is 0 Å². The van der Waals surface area contributed by atoms with Crippen LogP contribution in [0, 0.1) is 0 Å². The van der Waals surface area contributed by atoms with Crippen LogP contribution in [0.4, 0.5) is 0 Å². The van der Waals surface area contributed by atoms with Crippen molar-refractivity contribution in [1.82, 2.24) is 0 Å². The van der Waals surface area contributed by atoms with E-state index in [-0.39, 0.29) is 2.85 Å². The fourth-order valence-corrected chi connectivity index (χ4v) is 1.70. The van der Waals surface area contributed by atoms with Crippen LogP contribution in [0.5, 0.6) is 0 Å². The summed E-state index contributed by atoms with van der Waals surface area (Å²) in [6.45, 7) is 0. The molecule has 1 rings (SSSR count). The van der Waals surface area contributed by atoms with Crippen molar-refractivity contribution in [3.63, 3.8) is 0 Å². The molecule has 0 nitrogen and oxygen atoms in total. The molecule has 0 aliphatic carbocycles. The Kier molecular flexibility index (Phi) is 2.24. The molecule has 0 saturated carbocycles. The zero-order valence-corrected chi connectivity index (χ0v) is 9.29. The Hall–Kier alpha value is -0.144. The Morgan fingerprint density at radius 2 is 1.88 bits per heavy atom. The second-order valence-electron chi connectivity index (χ2n) is 1.84. The molecule has 0 unspecified atom stereocenters. The molecule has 0 heterocycles.